The maximum absolute atomic E-state index is 13.8. The Morgan fingerprint density at radius 1 is 0.944 bits per heavy atom. The van der Waals surface area contributed by atoms with Crippen LogP contribution in [0.15, 0.2) is 59.5 Å². The highest BCUT2D eigenvalue weighted by molar-refractivity contribution is 7.89. The van der Waals surface area contributed by atoms with E-state index in [1.54, 1.807) is 24.3 Å². The summed E-state index contributed by atoms with van der Waals surface area (Å²) in [6, 6.07) is 15.6. The standard InChI is InChI=1S/C29H39NO4SSi/c1-21(2)36(22(3)4,23(5)6)19-11-14-28-27(25-12-9-8-10-13-25)20-34-29(31)30(28)35(32,33)26-17-15-24(7)16-18-26/h8-10,12-13,15-18,21-23,27-28H,14,20H2,1-7H3/t27-,28-/m1/s1. The third-order valence-electron chi connectivity index (χ3n) is 7.62. The van der Waals surface area contributed by atoms with Gasteiger partial charge in [-0.3, -0.25) is 0 Å². The fraction of sp³-hybridized carbons (Fsp3) is 0.483. The largest absolute Gasteiger partial charge is 0.448 e. The first-order valence-electron chi connectivity index (χ1n) is 12.8. The van der Waals surface area contributed by atoms with Crippen LogP contribution in [0.2, 0.25) is 16.6 Å². The first kappa shape index (κ1) is 28.0. The van der Waals surface area contributed by atoms with Crippen molar-refractivity contribution in [2.75, 3.05) is 6.61 Å². The maximum Gasteiger partial charge on any atom is 0.424 e. The van der Waals surface area contributed by atoms with Crippen molar-refractivity contribution in [3.05, 3.63) is 65.7 Å². The van der Waals surface area contributed by atoms with E-state index >= 15 is 0 Å². The lowest BCUT2D eigenvalue weighted by Gasteiger charge is -2.40. The molecule has 1 aliphatic heterocycles. The summed E-state index contributed by atoms with van der Waals surface area (Å²) in [5.74, 6) is 3.11. The van der Waals surface area contributed by atoms with Crippen LogP contribution in [-0.4, -0.2) is 39.5 Å². The number of carbonyl (C=O) groups is 1. The van der Waals surface area contributed by atoms with Crippen molar-refractivity contribution in [1.82, 2.24) is 4.31 Å². The van der Waals surface area contributed by atoms with Crippen LogP contribution in [0.1, 0.15) is 65.0 Å². The SMILES string of the molecule is Cc1ccc(S(=O)(=O)N2C(=O)OC[C@H](c3ccccc3)[C@H]2CC#C[Si](C(C)C)(C(C)C)C(C)C)cc1. The van der Waals surface area contributed by atoms with Gasteiger partial charge >= 0.3 is 6.09 Å². The molecule has 1 fully saturated rings. The highest BCUT2D eigenvalue weighted by atomic mass is 32.2. The number of carbonyl (C=O) groups excluding carboxylic acids is 1. The van der Waals surface area contributed by atoms with Gasteiger partial charge in [0.15, 0.2) is 0 Å². The Labute approximate surface area is 218 Å². The molecule has 0 saturated carbocycles. The first-order chi connectivity index (χ1) is 16.9. The molecule has 3 rings (SSSR count). The van der Waals surface area contributed by atoms with E-state index in [0.717, 1.165) is 15.4 Å². The van der Waals surface area contributed by atoms with E-state index in [9.17, 15) is 13.2 Å². The van der Waals surface area contributed by atoms with Crippen molar-refractivity contribution in [1.29, 1.82) is 0 Å². The van der Waals surface area contributed by atoms with Gasteiger partial charge in [0.2, 0.25) is 0 Å². The zero-order chi connectivity index (χ0) is 26.7. The van der Waals surface area contributed by atoms with E-state index in [4.69, 9.17) is 4.74 Å². The van der Waals surface area contributed by atoms with Crippen LogP contribution in [0, 0.1) is 18.4 Å². The molecular weight excluding hydrogens is 486 g/mol. The Balaban J connectivity index is 2.11. The maximum atomic E-state index is 13.8. The molecule has 0 aromatic heterocycles. The molecule has 7 heteroatoms. The third-order valence-corrected chi connectivity index (χ3v) is 15.8. The Morgan fingerprint density at radius 2 is 1.50 bits per heavy atom. The summed E-state index contributed by atoms with van der Waals surface area (Å²) >= 11 is 0. The molecule has 1 aliphatic rings. The predicted molar refractivity (Wildman–Crippen MR) is 148 cm³/mol. The molecule has 36 heavy (non-hydrogen) atoms. The van der Waals surface area contributed by atoms with Crippen LogP contribution >= 0.6 is 0 Å². The zero-order valence-electron chi connectivity index (χ0n) is 22.5. The Kier molecular flexibility index (Phi) is 8.74. The molecule has 0 spiro atoms. The number of amides is 1. The highest BCUT2D eigenvalue weighted by Gasteiger charge is 2.46. The number of rotatable bonds is 7. The van der Waals surface area contributed by atoms with Crippen molar-refractivity contribution in [2.24, 2.45) is 0 Å². The predicted octanol–water partition coefficient (Wildman–Crippen LogP) is 6.90. The van der Waals surface area contributed by atoms with Crippen LogP contribution in [0.4, 0.5) is 4.79 Å². The molecule has 0 N–H and O–H groups in total. The molecule has 2 atom stereocenters. The summed E-state index contributed by atoms with van der Waals surface area (Å²) in [5.41, 5.74) is 6.94. The topological polar surface area (TPSA) is 63.7 Å². The van der Waals surface area contributed by atoms with Crippen LogP contribution in [0.5, 0.6) is 0 Å². The number of nitrogens with zero attached hydrogens (tertiary/aromatic N) is 1. The molecule has 194 valence electrons. The van der Waals surface area contributed by atoms with Gasteiger partial charge in [0.1, 0.15) is 14.7 Å². The highest BCUT2D eigenvalue weighted by Crippen LogP contribution is 2.41. The number of ether oxygens (including phenoxy) is 1. The summed E-state index contributed by atoms with van der Waals surface area (Å²) in [6.45, 7) is 15.5. The number of benzene rings is 2. The van der Waals surface area contributed by atoms with Gasteiger partial charge in [-0.1, -0.05) is 89.6 Å². The van der Waals surface area contributed by atoms with E-state index < -0.39 is 30.2 Å². The minimum Gasteiger partial charge on any atom is -0.448 e. The van der Waals surface area contributed by atoms with Gasteiger partial charge in [0.05, 0.1) is 10.9 Å². The second-order valence-corrected chi connectivity index (χ2v) is 18.1. The smallest absolute Gasteiger partial charge is 0.424 e. The van der Waals surface area contributed by atoms with E-state index in [1.807, 2.05) is 37.3 Å². The van der Waals surface area contributed by atoms with Crippen LogP contribution < -0.4 is 0 Å². The first-order valence-corrected chi connectivity index (χ1v) is 16.4. The van der Waals surface area contributed by atoms with Crippen molar-refractivity contribution < 1.29 is 17.9 Å². The molecule has 2 aromatic carbocycles. The minimum atomic E-state index is -4.13. The van der Waals surface area contributed by atoms with Crippen LogP contribution in [0.25, 0.3) is 0 Å². The van der Waals surface area contributed by atoms with Crippen LogP contribution in [0.3, 0.4) is 0 Å². The van der Waals surface area contributed by atoms with Crippen molar-refractivity contribution in [3.8, 4) is 11.5 Å². The fourth-order valence-corrected chi connectivity index (χ4v) is 12.5. The van der Waals surface area contributed by atoms with Gasteiger partial charge in [-0.2, -0.15) is 4.31 Å². The Bertz CT molecular complexity index is 1190. The average molecular weight is 526 g/mol. The second kappa shape index (κ2) is 11.2. The number of aryl methyl sites for hydroxylation is 1. The Morgan fingerprint density at radius 3 is 2.03 bits per heavy atom. The summed E-state index contributed by atoms with van der Waals surface area (Å²) < 4.78 is 33.9. The molecule has 1 heterocycles. The second-order valence-electron chi connectivity index (χ2n) is 10.7. The fourth-order valence-electron chi connectivity index (χ4n) is 5.72. The monoisotopic (exact) mass is 525 g/mol. The molecule has 0 bridgehead atoms. The summed E-state index contributed by atoms with van der Waals surface area (Å²) in [7, 11) is -6.14. The number of hydrogen-bond donors (Lipinski definition) is 0. The number of hydrogen-bond acceptors (Lipinski definition) is 4. The molecule has 1 amide bonds. The normalized spacial score (nSPS) is 18.8. The zero-order valence-corrected chi connectivity index (χ0v) is 24.3. The van der Waals surface area contributed by atoms with Gasteiger partial charge in [0, 0.05) is 12.3 Å². The summed E-state index contributed by atoms with van der Waals surface area (Å²) in [5, 5.41) is 0. The lowest BCUT2D eigenvalue weighted by molar-refractivity contribution is 0.0662. The molecule has 0 aliphatic carbocycles. The van der Waals surface area contributed by atoms with Gasteiger partial charge in [-0.05, 0) is 41.2 Å². The molecule has 2 aromatic rings. The Hall–Kier alpha value is -2.56. The van der Waals surface area contributed by atoms with Gasteiger partial charge < -0.3 is 4.74 Å². The number of sulfonamides is 1. The van der Waals surface area contributed by atoms with Crippen molar-refractivity contribution >= 4 is 24.2 Å². The number of cyclic esters (lactones) is 1. The van der Waals surface area contributed by atoms with Gasteiger partial charge in [0.25, 0.3) is 10.0 Å². The molecule has 0 unspecified atom stereocenters. The van der Waals surface area contributed by atoms with E-state index in [-0.39, 0.29) is 23.8 Å². The third kappa shape index (κ3) is 5.40. The molecular formula is C29H39NO4SSi. The van der Waals surface area contributed by atoms with E-state index in [0.29, 0.717) is 16.6 Å². The summed E-state index contributed by atoms with van der Waals surface area (Å²) in [4.78, 5) is 13.1. The molecule has 1 saturated heterocycles. The summed E-state index contributed by atoms with van der Waals surface area (Å²) in [6.07, 6.45) is -0.574. The van der Waals surface area contributed by atoms with Crippen LogP contribution in [-0.2, 0) is 14.8 Å². The lowest BCUT2D eigenvalue weighted by Crippen LogP contribution is -2.52. The quantitative estimate of drug-likeness (QED) is 0.291. The minimum absolute atomic E-state index is 0.0759. The van der Waals surface area contributed by atoms with Crippen molar-refractivity contribution in [2.45, 2.75) is 88.4 Å². The van der Waals surface area contributed by atoms with E-state index in [1.165, 1.54) is 0 Å². The van der Waals surface area contributed by atoms with Gasteiger partial charge in [-0.25, -0.2) is 13.2 Å². The lowest BCUT2D eigenvalue weighted by atomic mass is 9.89. The van der Waals surface area contributed by atoms with Crippen molar-refractivity contribution in [3.63, 3.8) is 0 Å². The van der Waals surface area contributed by atoms with E-state index in [2.05, 4.69) is 53.0 Å². The average Bonchev–Trinajstić information content (AvgIpc) is 2.81. The molecule has 0 radical (unpaired) electrons. The molecule has 5 nitrogen and oxygen atoms in total. The van der Waals surface area contributed by atoms with Gasteiger partial charge in [-0.15, -0.1) is 11.5 Å².